The first-order chi connectivity index (χ1) is 11.2. The van der Waals surface area contributed by atoms with Crippen molar-refractivity contribution in [1.82, 2.24) is 0 Å². The van der Waals surface area contributed by atoms with E-state index in [2.05, 4.69) is 10.1 Å². The number of hydrogen-bond donors (Lipinski definition) is 1. The number of nitrogens with one attached hydrogen (secondary N) is 1. The summed E-state index contributed by atoms with van der Waals surface area (Å²) in [6.45, 7) is 4.59. The summed E-state index contributed by atoms with van der Waals surface area (Å²) in [7, 11) is 1.18. The topological polar surface area (TPSA) is 47.6 Å². The molecular formula is C15H17F6NO3. The molecule has 1 rings (SSSR count). The van der Waals surface area contributed by atoms with Gasteiger partial charge >= 0.3 is 12.4 Å². The minimum atomic E-state index is -5.69. The fraction of sp³-hybridized carbons (Fsp3) is 0.533. The minimum Gasteiger partial charge on any atom is -0.497 e. The molecule has 0 aromatic heterocycles. The molecule has 142 valence electrons. The number of methoxy groups -OCH3 is 1. The first-order valence-corrected chi connectivity index (χ1v) is 6.96. The highest BCUT2D eigenvalue weighted by Crippen LogP contribution is 2.40. The maximum absolute atomic E-state index is 12.7. The average Bonchev–Trinajstić information content (AvgIpc) is 2.42. The van der Waals surface area contributed by atoms with Crippen molar-refractivity contribution in [2.45, 2.75) is 39.2 Å². The van der Waals surface area contributed by atoms with Crippen molar-refractivity contribution < 1.29 is 40.6 Å². The monoisotopic (exact) mass is 373 g/mol. The number of halogens is 6. The van der Waals surface area contributed by atoms with Crippen LogP contribution in [0.1, 0.15) is 20.8 Å². The van der Waals surface area contributed by atoms with Crippen LogP contribution in [0.3, 0.4) is 0 Å². The van der Waals surface area contributed by atoms with Gasteiger partial charge < -0.3 is 14.8 Å². The van der Waals surface area contributed by atoms with Gasteiger partial charge in [0.25, 0.3) is 6.10 Å². The highest BCUT2D eigenvalue weighted by molar-refractivity contribution is 5.95. The van der Waals surface area contributed by atoms with Gasteiger partial charge in [0, 0.05) is 11.5 Å². The van der Waals surface area contributed by atoms with Crippen LogP contribution < -0.4 is 14.8 Å². The van der Waals surface area contributed by atoms with Gasteiger partial charge in [-0.15, -0.1) is 0 Å². The summed E-state index contributed by atoms with van der Waals surface area (Å²) in [5.41, 5.74) is -1.26. The molecule has 0 unspecified atom stereocenters. The van der Waals surface area contributed by atoms with Crippen LogP contribution in [0.25, 0.3) is 0 Å². The number of carbonyl (C=O) groups excluding carboxylic acids is 1. The van der Waals surface area contributed by atoms with Gasteiger partial charge in [0.2, 0.25) is 5.91 Å². The minimum absolute atomic E-state index is 0.0353. The number of hydrogen-bond acceptors (Lipinski definition) is 3. The van der Waals surface area contributed by atoms with E-state index in [1.165, 1.54) is 33.9 Å². The lowest BCUT2D eigenvalue weighted by Crippen LogP contribution is -2.46. The molecule has 25 heavy (non-hydrogen) atoms. The molecule has 0 aliphatic heterocycles. The Balaban J connectivity index is 3.29. The third-order valence-electron chi connectivity index (χ3n) is 2.96. The number of anilines is 1. The fourth-order valence-electron chi connectivity index (χ4n) is 1.59. The summed E-state index contributed by atoms with van der Waals surface area (Å²) in [5.74, 6) is -1.46. The SMILES string of the molecule is COc1ccc(NC(=O)C(C)(C)C)c(OC(C(F)(F)F)C(F)(F)F)c1. The summed E-state index contributed by atoms with van der Waals surface area (Å²) in [4.78, 5) is 12.0. The number of rotatable bonds is 4. The largest absolute Gasteiger partial charge is 0.497 e. The highest BCUT2D eigenvalue weighted by Gasteiger charge is 2.59. The van der Waals surface area contributed by atoms with Gasteiger partial charge in [-0.1, -0.05) is 20.8 Å². The fourth-order valence-corrected chi connectivity index (χ4v) is 1.59. The van der Waals surface area contributed by atoms with Crippen molar-refractivity contribution in [2.24, 2.45) is 5.41 Å². The van der Waals surface area contributed by atoms with Crippen LogP contribution in [0, 0.1) is 5.41 Å². The lowest BCUT2D eigenvalue weighted by atomic mass is 9.95. The molecule has 0 saturated heterocycles. The van der Waals surface area contributed by atoms with Crippen molar-refractivity contribution >= 4 is 11.6 Å². The molecule has 1 amide bonds. The molecule has 0 saturated carbocycles. The van der Waals surface area contributed by atoms with Crippen LogP contribution in [0.4, 0.5) is 32.0 Å². The Hall–Kier alpha value is -2.13. The smallest absolute Gasteiger partial charge is 0.434 e. The first kappa shape index (κ1) is 20.9. The van der Waals surface area contributed by atoms with Crippen LogP contribution in [0.5, 0.6) is 11.5 Å². The zero-order chi connectivity index (χ0) is 19.6. The van der Waals surface area contributed by atoms with Crippen LogP contribution in [0.15, 0.2) is 18.2 Å². The van der Waals surface area contributed by atoms with E-state index in [1.54, 1.807) is 0 Å². The van der Waals surface area contributed by atoms with Crippen molar-refractivity contribution in [3.05, 3.63) is 18.2 Å². The van der Waals surface area contributed by atoms with Crippen LogP contribution in [0.2, 0.25) is 0 Å². The van der Waals surface area contributed by atoms with Gasteiger partial charge in [0.05, 0.1) is 12.8 Å². The van der Waals surface area contributed by atoms with Crippen molar-refractivity contribution in [3.8, 4) is 11.5 Å². The Bertz CT molecular complexity index is 605. The molecule has 0 spiro atoms. The number of ether oxygens (including phenoxy) is 2. The van der Waals surface area contributed by atoms with Crippen molar-refractivity contribution in [1.29, 1.82) is 0 Å². The van der Waals surface area contributed by atoms with Gasteiger partial charge in [0.1, 0.15) is 11.5 Å². The number of carbonyl (C=O) groups is 1. The van der Waals surface area contributed by atoms with Gasteiger partial charge in [-0.05, 0) is 12.1 Å². The van der Waals surface area contributed by atoms with E-state index in [-0.39, 0.29) is 11.4 Å². The molecule has 0 aliphatic carbocycles. The molecule has 1 N–H and O–H groups in total. The van der Waals surface area contributed by atoms with E-state index >= 15 is 0 Å². The van der Waals surface area contributed by atoms with E-state index in [1.807, 2.05) is 0 Å². The van der Waals surface area contributed by atoms with E-state index < -0.39 is 35.5 Å². The molecule has 1 aromatic rings. The highest BCUT2D eigenvalue weighted by atomic mass is 19.4. The predicted molar refractivity (Wildman–Crippen MR) is 77.6 cm³/mol. The van der Waals surface area contributed by atoms with E-state index in [9.17, 15) is 31.1 Å². The molecule has 0 aliphatic rings. The Morgan fingerprint density at radius 3 is 1.96 bits per heavy atom. The number of benzene rings is 1. The molecule has 0 atom stereocenters. The normalized spacial score (nSPS) is 12.9. The Morgan fingerprint density at radius 2 is 1.56 bits per heavy atom. The summed E-state index contributed by atoms with van der Waals surface area (Å²) in [6.07, 6.45) is -15.4. The van der Waals surface area contributed by atoms with E-state index in [4.69, 9.17) is 4.74 Å². The second-order valence-electron chi connectivity index (χ2n) is 6.15. The second-order valence-corrected chi connectivity index (χ2v) is 6.15. The predicted octanol–water partition coefficient (Wildman–Crippen LogP) is 4.55. The summed E-state index contributed by atoms with van der Waals surface area (Å²) >= 11 is 0. The molecule has 0 heterocycles. The van der Waals surface area contributed by atoms with Gasteiger partial charge in [0.15, 0.2) is 0 Å². The van der Waals surface area contributed by atoms with Crippen LogP contribution in [-0.4, -0.2) is 31.5 Å². The third-order valence-corrected chi connectivity index (χ3v) is 2.96. The standard InChI is InChI=1S/C15H17F6NO3/c1-13(2,3)12(23)22-9-6-5-8(24-4)7-10(9)25-11(14(16,17)18)15(19,20)21/h5-7,11H,1-4H3,(H,22,23). The second kappa shape index (κ2) is 7.01. The first-order valence-electron chi connectivity index (χ1n) is 6.96. The van der Waals surface area contributed by atoms with Crippen LogP contribution >= 0.6 is 0 Å². The Labute approximate surface area is 140 Å². The maximum atomic E-state index is 12.7. The molecule has 0 bridgehead atoms. The lowest BCUT2D eigenvalue weighted by Gasteiger charge is -2.26. The summed E-state index contributed by atoms with van der Waals surface area (Å²) in [5, 5.41) is 2.26. The van der Waals surface area contributed by atoms with Gasteiger partial charge in [-0.2, -0.15) is 26.3 Å². The van der Waals surface area contributed by atoms with Gasteiger partial charge in [-0.25, -0.2) is 0 Å². The Morgan fingerprint density at radius 1 is 1.04 bits per heavy atom. The zero-order valence-corrected chi connectivity index (χ0v) is 13.8. The zero-order valence-electron chi connectivity index (χ0n) is 13.8. The lowest BCUT2D eigenvalue weighted by molar-refractivity contribution is -0.299. The van der Waals surface area contributed by atoms with Crippen molar-refractivity contribution in [2.75, 3.05) is 12.4 Å². The molecule has 0 radical (unpaired) electrons. The van der Waals surface area contributed by atoms with E-state index in [0.717, 1.165) is 12.1 Å². The Kier molecular flexibility index (Phi) is 5.86. The molecule has 4 nitrogen and oxygen atoms in total. The molecule has 1 aromatic carbocycles. The summed E-state index contributed by atoms with van der Waals surface area (Å²) < 4.78 is 85.2. The summed E-state index contributed by atoms with van der Waals surface area (Å²) in [6, 6.07) is 3.20. The molecule has 0 fully saturated rings. The average molecular weight is 373 g/mol. The quantitative estimate of drug-likeness (QED) is 0.788. The van der Waals surface area contributed by atoms with Gasteiger partial charge in [-0.3, -0.25) is 4.79 Å². The third kappa shape index (κ3) is 5.71. The van der Waals surface area contributed by atoms with Crippen molar-refractivity contribution in [3.63, 3.8) is 0 Å². The maximum Gasteiger partial charge on any atom is 0.434 e. The number of alkyl halides is 6. The van der Waals surface area contributed by atoms with E-state index in [0.29, 0.717) is 0 Å². The molecule has 10 heteroatoms. The molecular weight excluding hydrogens is 356 g/mol. The van der Waals surface area contributed by atoms with Crippen LogP contribution in [-0.2, 0) is 4.79 Å². The number of amides is 1.